The number of hydrogen-bond acceptors (Lipinski definition) is 4. The van der Waals surface area contributed by atoms with Gasteiger partial charge in [0.05, 0.1) is 10.8 Å². The van der Waals surface area contributed by atoms with Crippen LogP contribution in [-0.4, -0.2) is 36.9 Å². The molecule has 0 spiro atoms. The molecule has 1 N–H and O–H groups in total. The Balaban J connectivity index is 2.19. The van der Waals surface area contributed by atoms with E-state index in [1.54, 1.807) is 10.8 Å². The van der Waals surface area contributed by atoms with Gasteiger partial charge in [0.15, 0.2) is 0 Å². The lowest BCUT2D eigenvalue weighted by atomic mass is 10.1. The number of hydrogen-bond donors (Lipinski definition) is 1. The van der Waals surface area contributed by atoms with Crippen molar-refractivity contribution in [2.24, 2.45) is 5.92 Å². The Hall–Kier alpha value is -0.920. The summed E-state index contributed by atoms with van der Waals surface area (Å²) in [5.41, 5.74) is 0. The quantitative estimate of drug-likeness (QED) is 0.875. The molecule has 1 saturated heterocycles. The van der Waals surface area contributed by atoms with E-state index < -0.39 is 21.9 Å². The van der Waals surface area contributed by atoms with E-state index in [9.17, 15) is 13.2 Å². The van der Waals surface area contributed by atoms with Crippen molar-refractivity contribution in [2.75, 3.05) is 13.1 Å². The van der Waals surface area contributed by atoms with Crippen molar-refractivity contribution in [3.63, 3.8) is 0 Å². The smallest absolute Gasteiger partial charge is 0.307 e. The van der Waals surface area contributed by atoms with E-state index in [4.69, 9.17) is 5.11 Å². The van der Waals surface area contributed by atoms with Crippen molar-refractivity contribution in [2.45, 2.75) is 11.3 Å². The average Bonchev–Trinajstić information content (AvgIpc) is 2.90. The second-order valence-electron chi connectivity index (χ2n) is 3.65. The highest BCUT2D eigenvalue weighted by atomic mass is 32.2. The minimum Gasteiger partial charge on any atom is -0.481 e. The first kappa shape index (κ1) is 11.6. The molecule has 2 heterocycles. The summed E-state index contributed by atoms with van der Waals surface area (Å²) >= 11 is 1.31. The maximum Gasteiger partial charge on any atom is 0.307 e. The molecule has 88 valence electrons. The Morgan fingerprint density at radius 1 is 1.56 bits per heavy atom. The molecule has 1 aliphatic heterocycles. The lowest BCUT2D eigenvalue weighted by molar-refractivity contribution is -0.141. The molecule has 1 atom stereocenters. The highest BCUT2D eigenvalue weighted by Crippen LogP contribution is 2.25. The molecule has 2 rings (SSSR count). The van der Waals surface area contributed by atoms with Gasteiger partial charge in [-0.15, -0.1) is 0 Å². The molecule has 1 aromatic heterocycles. The van der Waals surface area contributed by atoms with Crippen LogP contribution in [0, 0.1) is 5.92 Å². The number of rotatable bonds is 3. The van der Waals surface area contributed by atoms with E-state index >= 15 is 0 Å². The molecule has 7 heteroatoms. The van der Waals surface area contributed by atoms with Crippen LogP contribution in [-0.2, 0) is 14.8 Å². The molecule has 5 nitrogen and oxygen atoms in total. The van der Waals surface area contributed by atoms with Crippen molar-refractivity contribution in [1.29, 1.82) is 0 Å². The summed E-state index contributed by atoms with van der Waals surface area (Å²) in [6, 6.07) is 1.54. The normalized spacial score (nSPS) is 22.4. The summed E-state index contributed by atoms with van der Waals surface area (Å²) in [5, 5.41) is 12.1. The van der Waals surface area contributed by atoms with Crippen molar-refractivity contribution in [3.05, 3.63) is 16.8 Å². The van der Waals surface area contributed by atoms with Crippen LogP contribution in [0.15, 0.2) is 21.7 Å². The number of nitrogens with zero attached hydrogens (tertiary/aromatic N) is 1. The first-order valence-electron chi connectivity index (χ1n) is 4.77. The molecule has 0 bridgehead atoms. The maximum absolute atomic E-state index is 12.0. The van der Waals surface area contributed by atoms with Crippen LogP contribution in [0.2, 0.25) is 0 Å². The zero-order valence-electron chi connectivity index (χ0n) is 8.37. The Morgan fingerprint density at radius 3 is 2.81 bits per heavy atom. The van der Waals surface area contributed by atoms with Gasteiger partial charge in [-0.1, -0.05) is 0 Å². The molecule has 0 saturated carbocycles. The first-order chi connectivity index (χ1) is 7.51. The van der Waals surface area contributed by atoms with E-state index in [1.807, 2.05) is 0 Å². The fraction of sp³-hybridized carbons (Fsp3) is 0.444. The number of sulfonamides is 1. The standard InChI is InChI=1S/C9H11NO4S2/c11-9(12)7-1-3-10(5-7)16(13,14)8-2-4-15-6-8/h2,4,6-7H,1,3,5H2,(H,11,12). The van der Waals surface area contributed by atoms with Crippen LogP contribution >= 0.6 is 11.3 Å². The molecule has 1 aromatic rings. The molecule has 1 aliphatic rings. The van der Waals surface area contributed by atoms with Crippen LogP contribution in [0.5, 0.6) is 0 Å². The molecule has 16 heavy (non-hydrogen) atoms. The molecule has 0 amide bonds. The number of carbonyl (C=O) groups is 1. The van der Waals surface area contributed by atoms with Crippen LogP contribution in [0.25, 0.3) is 0 Å². The molecule has 0 aliphatic carbocycles. The van der Waals surface area contributed by atoms with Gasteiger partial charge < -0.3 is 5.11 Å². The number of carboxylic acid groups (broad SMARTS) is 1. The first-order valence-corrected chi connectivity index (χ1v) is 7.15. The van der Waals surface area contributed by atoms with Gasteiger partial charge in [-0.2, -0.15) is 15.6 Å². The molecular formula is C9H11NO4S2. The van der Waals surface area contributed by atoms with Gasteiger partial charge in [0, 0.05) is 18.5 Å². The van der Waals surface area contributed by atoms with Gasteiger partial charge in [0.1, 0.15) is 0 Å². The Labute approximate surface area is 97.4 Å². The lowest BCUT2D eigenvalue weighted by Gasteiger charge is -2.14. The second-order valence-corrected chi connectivity index (χ2v) is 6.36. The van der Waals surface area contributed by atoms with E-state index in [0.717, 1.165) is 0 Å². The summed E-state index contributed by atoms with van der Waals surface area (Å²) in [6.45, 7) is 0.364. The van der Waals surface area contributed by atoms with E-state index in [-0.39, 0.29) is 18.0 Å². The van der Waals surface area contributed by atoms with Crippen LogP contribution in [0.3, 0.4) is 0 Å². The highest BCUT2D eigenvalue weighted by molar-refractivity contribution is 7.89. The van der Waals surface area contributed by atoms with E-state index in [1.165, 1.54) is 21.7 Å². The van der Waals surface area contributed by atoms with Gasteiger partial charge in [0.25, 0.3) is 0 Å². The zero-order valence-corrected chi connectivity index (χ0v) is 10.00. The third-order valence-electron chi connectivity index (χ3n) is 2.63. The second kappa shape index (κ2) is 4.15. The molecular weight excluding hydrogens is 250 g/mol. The fourth-order valence-corrected chi connectivity index (χ4v) is 4.21. The third-order valence-corrected chi connectivity index (χ3v) is 5.33. The zero-order chi connectivity index (χ0) is 11.8. The van der Waals surface area contributed by atoms with Gasteiger partial charge >= 0.3 is 5.97 Å². The monoisotopic (exact) mass is 261 g/mol. The average molecular weight is 261 g/mol. The minimum absolute atomic E-state index is 0.0769. The SMILES string of the molecule is O=C(O)C1CCN(S(=O)(=O)c2ccsc2)C1. The molecule has 0 radical (unpaired) electrons. The maximum atomic E-state index is 12.0. The topological polar surface area (TPSA) is 74.7 Å². The Bertz CT molecular complexity index is 480. The lowest BCUT2D eigenvalue weighted by Crippen LogP contribution is -2.29. The molecule has 1 fully saturated rings. The van der Waals surface area contributed by atoms with Crippen molar-refractivity contribution in [3.8, 4) is 0 Å². The Kier molecular flexibility index (Phi) is 3.00. The van der Waals surface area contributed by atoms with Gasteiger partial charge in [-0.25, -0.2) is 8.42 Å². The number of thiophene rings is 1. The van der Waals surface area contributed by atoms with E-state index in [0.29, 0.717) is 6.42 Å². The number of carboxylic acids is 1. The van der Waals surface area contributed by atoms with Gasteiger partial charge in [-0.05, 0) is 17.9 Å². The predicted octanol–water partition coefficient (Wildman–Crippen LogP) is 0.843. The van der Waals surface area contributed by atoms with Crippen LogP contribution in [0.4, 0.5) is 0 Å². The van der Waals surface area contributed by atoms with Gasteiger partial charge in [-0.3, -0.25) is 4.79 Å². The minimum atomic E-state index is -3.48. The highest BCUT2D eigenvalue weighted by Gasteiger charge is 2.35. The summed E-state index contributed by atoms with van der Waals surface area (Å²) in [6.07, 6.45) is 0.388. The van der Waals surface area contributed by atoms with Gasteiger partial charge in [0.2, 0.25) is 10.0 Å². The largest absolute Gasteiger partial charge is 0.481 e. The number of aliphatic carboxylic acids is 1. The van der Waals surface area contributed by atoms with Crippen LogP contribution in [0.1, 0.15) is 6.42 Å². The summed E-state index contributed by atoms with van der Waals surface area (Å²) in [5.74, 6) is -1.50. The summed E-state index contributed by atoms with van der Waals surface area (Å²) in [4.78, 5) is 11.0. The summed E-state index contributed by atoms with van der Waals surface area (Å²) < 4.78 is 25.3. The van der Waals surface area contributed by atoms with Crippen molar-refractivity contribution in [1.82, 2.24) is 4.31 Å². The van der Waals surface area contributed by atoms with E-state index in [2.05, 4.69) is 0 Å². The van der Waals surface area contributed by atoms with Crippen molar-refractivity contribution < 1.29 is 18.3 Å². The molecule has 0 aromatic carbocycles. The Morgan fingerprint density at radius 2 is 2.31 bits per heavy atom. The van der Waals surface area contributed by atoms with Crippen LogP contribution < -0.4 is 0 Å². The molecule has 1 unspecified atom stereocenters. The van der Waals surface area contributed by atoms with Crippen molar-refractivity contribution >= 4 is 27.3 Å². The third kappa shape index (κ3) is 1.98. The fourth-order valence-electron chi connectivity index (χ4n) is 1.70. The predicted molar refractivity (Wildman–Crippen MR) is 58.8 cm³/mol. The summed E-state index contributed by atoms with van der Waals surface area (Å²) in [7, 11) is -3.48.